The molecule has 0 aromatic rings. The fourth-order valence-corrected chi connectivity index (χ4v) is 5.76. The van der Waals surface area contributed by atoms with E-state index in [1.807, 2.05) is 6.08 Å². The minimum atomic E-state index is -1.83. The molecule has 3 rings (SSSR count). The number of hydrogen-bond acceptors (Lipinski definition) is 7. The zero-order valence-corrected chi connectivity index (χ0v) is 18.4. The van der Waals surface area contributed by atoms with E-state index in [1.165, 1.54) is 19.3 Å². The van der Waals surface area contributed by atoms with Crippen LogP contribution in [0.4, 0.5) is 0 Å². The molecule has 7 nitrogen and oxygen atoms in total. The maximum absolute atomic E-state index is 12.3. The van der Waals surface area contributed by atoms with Crippen molar-refractivity contribution in [1.82, 2.24) is 0 Å². The summed E-state index contributed by atoms with van der Waals surface area (Å²) in [7, 11) is 1.53. The van der Waals surface area contributed by atoms with Crippen LogP contribution in [0.15, 0.2) is 37.0 Å². The first kappa shape index (κ1) is 23.2. The maximum atomic E-state index is 12.3. The van der Waals surface area contributed by atoms with Crippen molar-refractivity contribution in [3.05, 3.63) is 37.0 Å². The molecule has 7 heteroatoms. The molecule has 1 aliphatic carbocycles. The molecule has 0 amide bonds. The number of ether oxygens (including phenoxy) is 5. The van der Waals surface area contributed by atoms with E-state index in [1.54, 1.807) is 0 Å². The molecule has 2 aliphatic heterocycles. The van der Waals surface area contributed by atoms with Gasteiger partial charge in [-0.25, -0.2) is 4.79 Å². The molecule has 1 saturated carbocycles. The summed E-state index contributed by atoms with van der Waals surface area (Å²) >= 11 is 0. The predicted octanol–water partition coefficient (Wildman–Crippen LogP) is 2.95. The van der Waals surface area contributed by atoms with Gasteiger partial charge in [-0.2, -0.15) is 0 Å². The molecule has 2 fully saturated rings. The summed E-state index contributed by atoms with van der Waals surface area (Å²) in [6.07, 6.45) is 6.03. The maximum Gasteiger partial charge on any atom is 0.340 e. The highest BCUT2D eigenvalue weighted by Crippen LogP contribution is 2.63. The Labute approximate surface area is 178 Å². The molecule has 1 unspecified atom stereocenters. The first-order valence-electron chi connectivity index (χ1n) is 10.4. The number of cyclic esters (lactones) is 1. The number of hydrogen-bond donors (Lipinski definition) is 1. The van der Waals surface area contributed by atoms with Crippen molar-refractivity contribution in [3.8, 4) is 0 Å². The van der Waals surface area contributed by atoms with Crippen molar-refractivity contribution in [2.24, 2.45) is 22.7 Å². The Morgan fingerprint density at radius 1 is 1.27 bits per heavy atom. The lowest BCUT2D eigenvalue weighted by Crippen LogP contribution is -2.63. The quantitative estimate of drug-likeness (QED) is 0.279. The number of allylic oxidation sites excluding steroid dienone is 1. The second kappa shape index (κ2) is 8.20. The normalized spacial score (nSPS) is 35.7. The molecule has 2 heterocycles. The second-order valence-corrected chi connectivity index (χ2v) is 9.17. The van der Waals surface area contributed by atoms with E-state index in [4.69, 9.17) is 23.7 Å². The van der Waals surface area contributed by atoms with Gasteiger partial charge in [0.2, 0.25) is 5.79 Å². The highest BCUT2D eigenvalue weighted by atomic mass is 16.7. The minimum Gasteiger partial charge on any atom is -0.425 e. The SMILES string of the molecule is C=CC1=CC(O)([C@@H](COCOC)[C@@]2(C)CCC3(OCCO3)C(C)(C)[C@@H]2C=C)OC1=O. The summed E-state index contributed by atoms with van der Waals surface area (Å²) in [5.41, 5.74) is -0.745. The van der Waals surface area contributed by atoms with Crippen molar-refractivity contribution < 1.29 is 33.6 Å². The van der Waals surface area contributed by atoms with E-state index in [0.717, 1.165) is 0 Å². The van der Waals surface area contributed by atoms with Crippen molar-refractivity contribution in [1.29, 1.82) is 0 Å². The molecule has 0 bridgehead atoms. The van der Waals surface area contributed by atoms with Gasteiger partial charge in [-0.3, -0.25) is 0 Å². The van der Waals surface area contributed by atoms with Gasteiger partial charge in [0.05, 0.1) is 31.3 Å². The lowest BCUT2D eigenvalue weighted by molar-refractivity contribution is -0.300. The standard InChI is InChI=1S/C23H34O7/c1-7-16-13-22(25,30-19(16)24)18(14-27-15-26-6)21(5)9-10-23(28-11-12-29-23)20(3,4)17(21)8-2/h7-8,13,17-18,25H,1-2,9-12,14-15H2,3-6H3/t17-,18-,21-,22?/m0/s1. The highest BCUT2D eigenvalue weighted by Gasteiger charge is 2.66. The van der Waals surface area contributed by atoms with E-state index in [0.29, 0.717) is 26.1 Å². The van der Waals surface area contributed by atoms with Crippen LogP contribution in [0.2, 0.25) is 0 Å². The average Bonchev–Trinajstić information content (AvgIpc) is 3.28. The molecular formula is C23H34O7. The highest BCUT2D eigenvalue weighted by molar-refractivity contribution is 5.94. The molecule has 0 radical (unpaired) electrons. The molecule has 0 aromatic carbocycles. The molecule has 4 atom stereocenters. The van der Waals surface area contributed by atoms with Gasteiger partial charge in [-0.1, -0.05) is 39.5 Å². The van der Waals surface area contributed by atoms with E-state index < -0.39 is 34.3 Å². The minimum absolute atomic E-state index is 0.0624. The third kappa shape index (κ3) is 3.46. The van der Waals surface area contributed by atoms with Gasteiger partial charge in [0.1, 0.15) is 6.79 Å². The Morgan fingerprint density at radius 3 is 2.47 bits per heavy atom. The van der Waals surface area contributed by atoms with Gasteiger partial charge >= 0.3 is 5.97 Å². The summed E-state index contributed by atoms with van der Waals surface area (Å²) in [5.74, 6) is -3.85. The van der Waals surface area contributed by atoms with Crippen molar-refractivity contribution >= 4 is 5.97 Å². The molecule has 0 aromatic heterocycles. The number of methoxy groups -OCH3 is 1. The van der Waals surface area contributed by atoms with E-state index >= 15 is 0 Å². The molecular weight excluding hydrogens is 388 g/mol. The zero-order chi connectivity index (χ0) is 22.2. The topological polar surface area (TPSA) is 83.5 Å². The van der Waals surface area contributed by atoms with Crippen molar-refractivity contribution in [2.75, 3.05) is 33.7 Å². The summed E-state index contributed by atoms with van der Waals surface area (Å²) in [6, 6.07) is 0. The zero-order valence-electron chi connectivity index (χ0n) is 18.4. The third-order valence-electron chi connectivity index (χ3n) is 7.31. The molecule has 168 valence electrons. The Balaban J connectivity index is 2.03. The summed E-state index contributed by atoms with van der Waals surface area (Å²) < 4.78 is 28.4. The average molecular weight is 423 g/mol. The lowest BCUT2D eigenvalue weighted by atomic mass is 9.49. The number of esters is 1. The fraction of sp³-hybridized carbons (Fsp3) is 0.696. The van der Waals surface area contributed by atoms with E-state index in [9.17, 15) is 9.90 Å². The summed E-state index contributed by atoms with van der Waals surface area (Å²) in [4.78, 5) is 12.3. The van der Waals surface area contributed by atoms with Crippen molar-refractivity contribution in [2.45, 2.75) is 45.2 Å². The van der Waals surface area contributed by atoms with Gasteiger partial charge in [0.15, 0.2) is 5.79 Å². The Kier molecular flexibility index (Phi) is 6.33. The molecule has 1 spiro atoms. The number of rotatable bonds is 8. The van der Waals surface area contributed by atoms with Crippen LogP contribution in [-0.2, 0) is 28.5 Å². The van der Waals surface area contributed by atoms with Crippen LogP contribution < -0.4 is 0 Å². The van der Waals surface area contributed by atoms with Crippen LogP contribution in [0, 0.1) is 22.7 Å². The largest absolute Gasteiger partial charge is 0.425 e. The van der Waals surface area contributed by atoms with Gasteiger partial charge in [-0.15, -0.1) is 6.58 Å². The predicted molar refractivity (Wildman–Crippen MR) is 110 cm³/mol. The molecule has 30 heavy (non-hydrogen) atoms. The Hall–Kier alpha value is -1.51. The Bertz CT molecular complexity index is 721. The van der Waals surface area contributed by atoms with E-state index in [2.05, 4.69) is 33.9 Å². The van der Waals surface area contributed by atoms with Crippen LogP contribution >= 0.6 is 0 Å². The number of carbonyl (C=O) groups excluding carboxylic acids is 1. The van der Waals surface area contributed by atoms with Crippen LogP contribution in [0.1, 0.15) is 33.6 Å². The van der Waals surface area contributed by atoms with Crippen LogP contribution in [0.25, 0.3) is 0 Å². The molecule has 1 saturated heterocycles. The van der Waals surface area contributed by atoms with E-state index in [-0.39, 0.29) is 24.9 Å². The van der Waals surface area contributed by atoms with Crippen molar-refractivity contribution in [3.63, 3.8) is 0 Å². The number of aliphatic hydroxyl groups is 1. The molecule has 3 aliphatic rings. The van der Waals surface area contributed by atoms with Gasteiger partial charge in [0, 0.05) is 25.0 Å². The van der Waals surface area contributed by atoms with Crippen LogP contribution in [-0.4, -0.2) is 56.4 Å². The van der Waals surface area contributed by atoms with Crippen LogP contribution in [0.5, 0.6) is 0 Å². The van der Waals surface area contributed by atoms with Crippen LogP contribution in [0.3, 0.4) is 0 Å². The van der Waals surface area contributed by atoms with Gasteiger partial charge in [0.25, 0.3) is 0 Å². The molecule has 1 N–H and O–H groups in total. The van der Waals surface area contributed by atoms with Gasteiger partial charge < -0.3 is 28.8 Å². The smallest absolute Gasteiger partial charge is 0.340 e. The first-order chi connectivity index (χ1) is 14.1. The monoisotopic (exact) mass is 422 g/mol. The summed E-state index contributed by atoms with van der Waals surface area (Å²) in [6.45, 7) is 15.3. The number of carbonyl (C=O) groups is 1. The lowest BCUT2D eigenvalue weighted by Gasteiger charge is -2.60. The summed E-state index contributed by atoms with van der Waals surface area (Å²) in [5, 5.41) is 11.5. The fourth-order valence-electron chi connectivity index (χ4n) is 5.76. The third-order valence-corrected chi connectivity index (χ3v) is 7.31. The second-order valence-electron chi connectivity index (χ2n) is 9.17. The Morgan fingerprint density at radius 2 is 1.93 bits per heavy atom. The van der Waals surface area contributed by atoms with Gasteiger partial charge in [-0.05, 0) is 17.8 Å². The first-order valence-corrected chi connectivity index (χ1v) is 10.4.